The van der Waals surface area contributed by atoms with Crippen LogP contribution in [0.4, 0.5) is 0 Å². The summed E-state index contributed by atoms with van der Waals surface area (Å²) in [4.78, 5) is 24.4. The maximum Gasteiger partial charge on any atom is 0.332 e. The lowest BCUT2D eigenvalue weighted by atomic mass is 10.3. The van der Waals surface area contributed by atoms with Crippen LogP contribution in [0.25, 0.3) is 0 Å². The molecule has 1 amide bonds. The Kier molecular flexibility index (Phi) is 5.07. The van der Waals surface area contributed by atoms with Crippen molar-refractivity contribution >= 4 is 34.5 Å². The Labute approximate surface area is 103 Å². The van der Waals surface area contributed by atoms with E-state index in [1.165, 1.54) is 6.08 Å². The minimum Gasteiger partial charge on any atom is -0.463 e. The van der Waals surface area contributed by atoms with E-state index in [1.54, 1.807) is 11.8 Å². The number of ether oxygens (including phenoxy) is 1. The molecular formula is C10H14INO3. The first-order valence-corrected chi connectivity index (χ1v) is 6.45. The molecule has 15 heavy (non-hydrogen) atoms. The van der Waals surface area contributed by atoms with Gasteiger partial charge in [0.15, 0.2) is 0 Å². The van der Waals surface area contributed by atoms with Crippen LogP contribution in [0.5, 0.6) is 0 Å². The predicted molar refractivity (Wildman–Crippen MR) is 64.6 cm³/mol. The number of hydrogen-bond donors (Lipinski definition) is 0. The molecular weight excluding hydrogens is 309 g/mol. The van der Waals surface area contributed by atoms with Crippen molar-refractivity contribution in [2.75, 3.05) is 17.6 Å². The van der Waals surface area contributed by atoms with Gasteiger partial charge in [0, 0.05) is 18.3 Å². The molecule has 0 aromatic carbocycles. The maximum absolute atomic E-state index is 11.5. The number of amides is 1. The molecule has 0 aliphatic carbocycles. The van der Waals surface area contributed by atoms with Crippen LogP contribution in [-0.2, 0) is 14.3 Å². The summed E-state index contributed by atoms with van der Waals surface area (Å²) in [7, 11) is 0. The monoisotopic (exact) mass is 323 g/mol. The molecule has 1 aliphatic heterocycles. The van der Waals surface area contributed by atoms with Gasteiger partial charge in [-0.3, -0.25) is 4.79 Å². The van der Waals surface area contributed by atoms with E-state index in [4.69, 9.17) is 4.74 Å². The number of nitrogens with zero attached hydrogens (tertiary/aromatic N) is 1. The van der Waals surface area contributed by atoms with Gasteiger partial charge in [-0.2, -0.15) is 0 Å². The number of rotatable bonds is 3. The summed E-state index contributed by atoms with van der Waals surface area (Å²) in [5, 5.41) is 0. The van der Waals surface area contributed by atoms with Crippen molar-refractivity contribution in [2.45, 2.75) is 19.8 Å². The van der Waals surface area contributed by atoms with Gasteiger partial charge in [0.05, 0.1) is 11.0 Å². The van der Waals surface area contributed by atoms with E-state index >= 15 is 0 Å². The third kappa shape index (κ3) is 3.48. The average Bonchev–Trinajstić information content (AvgIpc) is 2.65. The predicted octanol–water partition coefficient (Wildman–Crippen LogP) is 1.49. The molecule has 0 aromatic heterocycles. The zero-order chi connectivity index (χ0) is 11.3. The third-order valence-electron chi connectivity index (χ3n) is 2.15. The second-order valence-electron chi connectivity index (χ2n) is 3.17. The molecule has 0 unspecified atom stereocenters. The van der Waals surface area contributed by atoms with E-state index in [0.29, 0.717) is 17.6 Å². The highest BCUT2D eigenvalue weighted by Gasteiger charge is 2.23. The Morgan fingerprint density at radius 3 is 2.93 bits per heavy atom. The average molecular weight is 323 g/mol. The largest absolute Gasteiger partial charge is 0.463 e. The van der Waals surface area contributed by atoms with Crippen LogP contribution in [0.3, 0.4) is 0 Å². The molecule has 1 fully saturated rings. The van der Waals surface area contributed by atoms with Crippen LogP contribution in [0.1, 0.15) is 19.8 Å². The lowest BCUT2D eigenvalue weighted by Crippen LogP contribution is -2.27. The minimum atomic E-state index is -0.361. The van der Waals surface area contributed by atoms with Crippen molar-refractivity contribution in [1.29, 1.82) is 0 Å². The molecule has 1 aliphatic rings. The number of likely N-dealkylation sites (tertiary alicyclic amines) is 1. The highest BCUT2D eigenvalue weighted by molar-refractivity contribution is 14.1. The van der Waals surface area contributed by atoms with Crippen molar-refractivity contribution in [3.63, 3.8) is 0 Å². The molecule has 0 N–H and O–H groups in total. The van der Waals surface area contributed by atoms with E-state index < -0.39 is 0 Å². The molecule has 4 nitrogen and oxygen atoms in total. The molecule has 84 valence electrons. The summed E-state index contributed by atoms with van der Waals surface area (Å²) in [5.74, 6) is -0.302. The van der Waals surface area contributed by atoms with Gasteiger partial charge in [-0.15, -0.1) is 0 Å². The van der Waals surface area contributed by atoms with Gasteiger partial charge in [0.1, 0.15) is 0 Å². The molecule has 0 aromatic rings. The van der Waals surface area contributed by atoms with Crippen LogP contribution in [0.15, 0.2) is 11.8 Å². The van der Waals surface area contributed by atoms with E-state index in [0.717, 1.165) is 18.5 Å². The highest BCUT2D eigenvalue weighted by atomic mass is 127. The van der Waals surface area contributed by atoms with Crippen LogP contribution in [0, 0.1) is 0 Å². The quantitative estimate of drug-likeness (QED) is 0.342. The van der Waals surface area contributed by atoms with Gasteiger partial charge < -0.3 is 9.64 Å². The topological polar surface area (TPSA) is 46.6 Å². The van der Waals surface area contributed by atoms with E-state index in [2.05, 4.69) is 0 Å². The second-order valence-corrected chi connectivity index (χ2v) is 3.93. The summed E-state index contributed by atoms with van der Waals surface area (Å²) < 4.78 is 5.25. The molecule has 0 spiro atoms. The van der Waals surface area contributed by atoms with Gasteiger partial charge in [-0.05, 0) is 19.8 Å². The molecule has 0 saturated carbocycles. The first-order chi connectivity index (χ1) is 7.19. The number of esters is 1. The van der Waals surface area contributed by atoms with Crippen LogP contribution in [0.2, 0.25) is 0 Å². The van der Waals surface area contributed by atoms with Crippen molar-refractivity contribution in [1.82, 2.24) is 4.90 Å². The first-order valence-electron chi connectivity index (χ1n) is 4.92. The lowest BCUT2D eigenvalue weighted by Gasteiger charge is -2.16. The fourth-order valence-electron chi connectivity index (χ4n) is 1.52. The smallest absolute Gasteiger partial charge is 0.332 e. The molecule has 0 atom stereocenters. The number of allylic oxidation sites excluding steroid dienone is 1. The summed E-state index contributed by atoms with van der Waals surface area (Å²) in [6.45, 7) is 2.84. The van der Waals surface area contributed by atoms with E-state index in [-0.39, 0.29) is 11.9 Å². The highest BCUT2D eigenvalue weighted by Crippen LogP contribution is 2.21. The van der Waals surface area contributed by atoms with Crippen molar-refractivity contribution < 1.29 is 14.3 Å². The van der Waals surface area contributed by atoms with Crippen LogP contribution >= 0.6 is 22.6 Å². The fraction of sp³-hybridized carbons (Fsp3) is 0.600. The third-order valence-corrected chi connectivity index (χ3v) is 2.80. The Morgan fingerprint density at radius 1 is 1.60 bits per heavy atom. The van der Waals surface area contributed by atoms with Gasteiger partial charge >= 0.3 is 5.97 Å². The molecule has 0 bridgehead atoms. The molecule has 1 saturated heterocycles. The number of hydrogen-bond acceptors (Lipinski definition) is 3. The Hall–Kier alpha value is -0.590. The van der Waals surface area contributed by atoms with Gasteiger partial charge in [0.2, 0.25) is 5.91 Å². The minimum absolute atomic E-state index is 0.0589. The van der Waals surface area contributed by atoms with Crippen LogP contribution < -0.4 is 0 Å². The zero-order valence-electron chi connectivity index (χ0n) is 8.66. The van der Waals surface area contributed by atoms with Crippen molar-refractivity contribution in [2.24, 2.45) is 0 Å². The van der Waals surface area contributed by atoms with Crippen molar-refractivity contribution in [3.8, 4) is 0 Å². The van der Waals surface area contributed by atoms with Gasteiger partial charge in [-0.25, -0.2) is 4.79 Å². The fourth-order valence-corrected chi connectivity index (χ4v) is 1.94. The Morgan fingerprint density at radius 2 is 2.33 bits per heavy atom. The van der Waals surface area contributed by atoms with Gasteiger partial charge in [0.25, 0.3) is 0 Å². The standard InChI is InChI=1S/C10H14INO3/c1-2-15-10(14)6-8-4-3-5-12(8)9(13)7-11/h6H,2-5,7H2,1H3/b8-6+. The summed E-state index contributed by atoms with van der Waals surface area (Å²) in [6.07, 6.45) is 3.13. The number of carbonyl (C=O) groups excluding carboxylic acids is 2. The van der Waals surface area contributed by atoms with Crippen molar-refractivity contribution in [3.05, 3.63) is 11.8 Å². The molecule has 0 radical (unpaired) electrons. The zero-order valence-corrected chi connectivity index (χ0v) is 10.8. The van der Waals surface area contributed by atoms with E-state index in [1.807, 2.05) is 22.6 Å². The summed E-state index contributed by atoms with van der Waals surface area (Å²) in [5.41, 5.74) is 0.787. The van der Waals surface area contributed by atoms with Crippen LogP contribution in [-0.4, -0.2) is 34.4 Å². The lowest BCUT2D eigenvalue weighted by molar-refractivity contribution is -0.137. The maximum atomic E-state index is 11.5. The number of carbonyl (C=O) groups is 2. The van der Waals surface area contributed by atoms with E-state index in [9.17, 15) is 9.59 Å². The molecule has 5 heteroatoms. The van der Waals surface area contributed by atoms with Gasteiger partial charge in [-0.1, -0.05) is 22.6 Å². The second kappa shape index (κ2) is 6.09. The number of halogens is 1. The SMILES string of the molecule is CCOC(=O)/C=C1\CCCN1C(=O)CI. The Balaban J connectivity index is 2.67. The Bertz CT molecular complexity index is 288. The number of alkyl halides is 1. The normalized spacial score (nSPS) is 18.3. The summed E-state index contributed by atoms with van der Waals surface area (Å²) in [6, 6.07) is 0. The summed E-state index contributed by atoms with van der Waals surface area (Å²) >= 11 is 2.03. The first kappa shape index (κ1) is 12.5. The molecule has 1 rings (SSSR count). The molecule has 1 heterocycles.